The maximum absolute atomic E-state index is 12.4. The van der Waals surface area contributed by atoms with E-state index in [0.29, 0.717) is 18.1 Å². The Labute approximate surface area is 101 Å². The number of nitrogens with zero attached hydrogens (tertiary/aromatic N) is 1. The van der Waals surface area contributed by atoms with Crippen LogP contribution >= 0.6 is 0 Å². The predicted octanol–water partition coefficient (Wildman–Crippen LogP) is 2.09. The number of carbonyl (C=O) groups is 1. The summed E-state index contributed by atoms with van der Waals surface area (Å²) in [6.45, 7) is 2.69. The van der Waals surface area contributed by atoms with E-state index in [2.05, 4.69) is 4.98 Å². The van der Waals surface area contributed by atoms with Crippen LogP contribution in [0.3, 0.4) is 0 Å². The second-order valence-electron chi connectivity index (χ2n) is 4.13. The van der Waals surface area contributed by atoms with Gasteiger partial charge in [0.2, 0.25) is 0 Å². The van der Waals surface area contributed by atoms with Gasteiger partial charge in [0.15, 0.2) is 5.78 Å². The molecule has 1 saturated heterocycles. The molecular weight excluding hydrogens is 218 g/mol. The number of rotatable bonds is 4. The first-order valence-corrected chi connectivity index (χ1v) is 5.92. The lowest BCUT2D eigenvalue weighted by molar-refractivity contribution is 0.0683. The van der Waals surface area contributed by atoms with Gasteiger partial charge in [-0.2, -0.15) is 0 Å². The number of hydrogen-bond acceptors (Lipinski definition) is 4. The summed E-state index contributed by atoms with van der Waals surface area (Å²) in [7, 11) is 1.55. The first-order chi connectivity index (χ1) is 8.27. The Morgan fingerprint density at radius 3 is 3.18 bits per heavy atom. The monoisotopic (exact) mass is 235 g/mol. The number of methoxy groups -OCH3 is 1. The fourth-order valence-electron chi connectivity index (χ4n) is 2.27. The summed E-state index contributed by atoms with van der Waals surface area (Å²) >= 11 is 0. The molecule has 2 atom stereocenters. The Kier molecular flexibility index (Phi) is 3.74. The highest BCUT2D eigenvalue weighted by molar-refractivity contribution is 5.98. The van der Waals surface area contributed by atoms with Crippen LogP contribution in [0, 0.1) is 5.92 Å². The Morgan fingerprint density at radius 2 is 2.47 bits per heavy atom. The van der Waals surface area contributed by atoms with E-state index in [0.717, 1.165) is 12.8 Å². The number of ketones is 1. The molecule has 0 saturated carbocycles. The van der Waals surface area contributed by atoms with Crippen molar-refractivity contribution < 1.29 is 14.3 Å². The van der Waals surface area contributed by atoms with Crippen LogP contribution in [-0.4, -0.2) is 30.6 Å². The SMILES string of the molecule is CCC1OCCC1C(=O)c1ncccc1OC. The number of carbonyl (C=O) groups excluding carboxylic acids is 1. The van der Waals surface area contributed by atoms with Gasteiger partial charge in [-0.15, -0.1) is 0 Å². The van der Waals surface area contributed by atoms with Crippen LogP contribution in [0.2, 0.25) is 0 Å². The van der Waals surface area contributed by atoms with Crippen LogP contribution in [0.4, 0.5) is 0 Å². The van der Waals surface area contributed by atoms with Crippen molar-refractivity contribution >= 4 is 5.78 Å². The normalized spacial score (nSPS) is 23.6. The molecule has 92 valence electrons. The molecule has 1 aliphatic heterocycles. The van der Waals surface area contributed by atoms with Crippen molar-refractivity contribution in [1.82, 2.24) is 4.98 Å². The van der Waals surface area contributed by atoms with Crippen LogP contribution in [-0.2, 0) is 4.74 Å². The van der Waals surface area contributed by atoms with E-state index in [9.17, 15) is 4.79 Å². The van der Waals surface area contributed by atoms with Gasteiger partial charge in [-0.1, -0.05) is 6.92 Å². The van der Waals surface area contributed by atoms with E-state index in [-0.39, 0.29) is 17.8 Å². The smallest absolute Gasteiger partial charge is 0.190 e. The Hall–Kier alpha value is -1.42. The van der Waals surface area contributed by atoms with Crippen molar-refractivity contribution in [2.75, 3.05) is 13.7 Å². The average Bonchev–Trinajstić information content (AvgIpc) is 2.86. The molecule has 2 heterocycles. The summed E-state index contributed by atoms with van der Waals surface area (Å²) in [6.07, 6.45) is 3.27. The molecular formula is C13H17NO3. The standard InChI is InChI=1S/C13H17NO3/c1-3-10-9(6-8-17-10)13(15)12-11(16-2)5-4-7-14-12/h4-5,7,9-10H,3,6,8H2,1-2H3. The van der Waals surface area contributed by atoms with Gasteiger partial charge in [-0.25, -0.2) is 4.98 Å². The minimum absolute atomic E-state index is 0.0224. The number of aromatic nitrogens is 1. The van der Waals surface area contributed by atoms with E-state index >= 15 is 0 Å². The fourth-order valence-corrected chi connectivity index (χ4v) is 2.27. The maximum atomic E-state index is 12.4. The van der Waals surface area contributed by atoms with E-state index in [1.165, 1.54) is 0 Å². The summed E-state index contributed by atoms with van der Waals surface area (Å²) in [5.41, 5.74) is 0.420. The topological polar surface area (TPSA) is 48.4 Å². The van der Waals surface area contributed by atoms with Gasteiger partial charge in [-0.3, -0.25) is 4.79 Å². The van der Waals surface area contributed by atoms with Crippen LogP contribution < -0.4 is 4.74 Å². The minimum Gasteiger partial charge on any atom is -0.494 e. The van der Waals surface area contributed by atoms with Gasteiger partial charge in [0.25, 0.3) is 0 Å². The highest BCUT2D eigenvalue weighted by Crippen LogP contribution is 2.29. The predicted molar refractivity (Wildman–Crippen MR) is 63.3 cm³/mol. The Bertz CT molecular complexity index is 405. The van der Waals surface area contributed by atoms with Crippen LogP contribution in [0.5, 0.6) is 5.75 Å². The molecule has 2 rings (SSSR count). The summed E-state index contributed by atoms with van der Waals surface area (Å²) in [6, 6.07) is 3.52. The van der Waals surface area contributed by atoms with Gasteiger partial charge < -0.3 is 9.47 Å². The molecule has 0 bridgehead atoms. The van der Waals surface area contributed by atoms with E-state index < -0.39 is 0 Å². The first-order valence-electron chi connectivity index (χ1n) is 5.92. The maximum Gasteiger partial charge on any atom is 0.190 e. The molecule has 0 radical (unpaired) electrons. The molecule has 17 heavy (non-hydrogen) atoms. The third-order valence-corrected chi connectivity index (χ3v) is 3.17. The van der Waals surface area contributed by atoms with Gasteiger partial charge >= 0.3 is 0 Å². The number of pyridine rings is 1. The number of ether oxygens (including phenoxy) is 2. The lowest BCUT2D eigenvalue weighted by atomic mass is 9.92. The zero-order valence-corrected chi connectivity index (χ0v) is 10.2. The molecule has 1 aliphatic rings. The summed E-state index contributed by atoms with van der Waals surface area (Å²) < 4.78 is 10.7. The van der Waals surface area contributed by atoms with Crippen molar-refractivity contribution in [3.63, 3.8) is 0 Å². The second kappa shape index (κ2) is 5.27. The highest BCUT2D eigenvalue weighted by atomic mass is 16.5. The van der Waals surface area contributed by atoms with Crippen molar-refractivity contribution in [2.45, 2.75) is 25.9 Å². The largest absolute Gasteiger partial charge is 0.494 e. The molecule has 4 heteroatoms. The number of hydrogen-bond donors (Lipinski definition) is 0. The first kappa shape index (κ1) is 12.0. The van der Waals surface area contributed by atoms with Gasteiger partial charge in [0.05, 0.1) is 19.1 Å². The third-order valence-electron chi connectivity index (χ3n) is 3.17. The van der Waals surface area contributed by atoms with Crippen molar-refractivity contribution in [3.8, 4) is 5.75 Å². The van der Waals surface area contributed by atoms with Crippen LogP contribution in [0.15, 0.2) is 18.3 Å². The molecule has 1 aromatic rings. The molecule has 0 amide bonds. The van der Waals surface area contributed by atoms with Crippen molar-refractivity contribution in [3.05, 3.63) is 24.0 Å². The summed E-state index contributed by atoms with van der Waals surface area (Å²) in [5, 5.41) is 0. The molecule has 0 aliphatic carbocycles. The van der Waals surface area contributed by atoms with Crippen LogP contribution in [0.25, 0.3) is 0 Å². The molecule has 0 aromatic carbocycles. The summed E-state index contributed by atoms with van der Waals surface area (Å²) in [5.74, 6) is 0.495. The summed E-state index contributed by atoms with van der Waals surface area (Å²) in [4.78, 5) is 16.5. The molecule has 1 aromatic heterocycles. The zero-order valence-electron chi connectivity index (χ0n) is 10.2. The van der Waals surface area contributed by atoms with Crippen molar-refractivity contribution in [2.24, 2.45) is 5.92 Å². The Balaban J connectivity index is 2.24. The lowest BCUT2D eigenvalue weighted by Gasteiger charge is -2.16. The van der Waals surface area contributed by atoms with Gasteiger partial charge in [0.1, 0.15) is 11.4 Å². The fraction of sp³-hybridized carbons (Fsp3) is 0.538. The van der Waals surface area contributed by atoms with E-state index in [1.807, 2.05) is 6.92 Å². The Morgan fingerprint density at radius 1 is 1.65 bits per heavy atom. The lowest BCUT2D eigenvalue weighted by Crippen LogP contribution is -2.24. The molecule has 0 N–H and O–H groups in total. The highest BCUT2D eigenvalue weighted by Gasteiger charge is 2.35. The quantitative estimate of drug-likeness (QED) is 0.750. The molecule has 2 unspecified atom stereocenters. The molecule has 4 nitrogen and oxygen atoms in total. The zero-order chi connectivity index (χ0) is 12.3. The van der Waals surface area contributed by atoms with Gasteiger partial charge in [0, 0.05) is 12.8 Å². The van der Waals surface area contributed by atoms with E-state index in [1.54, 1.807) is 25.4 Å². The number of Topliss-reactive ketones (excluding diaryl/α,β-unsaturated/α-hetero) is 1. The molecule has 1 fully saturated rings. The van der Waals surface area contributed by atoms with Crippen LogP contribution in [0.1, 0.15) is 30.3 Å². The third kappa shape index (κ3) is 2.31. The minimum atomic E-state index is -0.0798. The van der Waals surface area contributed by atoms with Gasteiger partial charge in [-0.05, 0) is 25.0 Å². The molecule has 0 spiro atoms. The second-order valence-corrected chi connectivity index (χ2v) is 4.13. The van der Waals surface area contributed by atoms with Crippen molar-refractivity contribution in [1.29, 1.82) is 0 Å². The van der Waals surface area contributed by atoms with E-state index in [4.69, 9.17) is 9.47 Å². The average molecular weight is 235 g/mol.